The van der Waals surface area contributed by atoms with Crippen LogP contribution < -0.4 is 0 Å². The molecule has 142 valence electrons. The predicted molar refractivity (Wildman–Crippen MR) is 105 cm³/mol. The van der Waals surface area contributed by atoms with Gasteiger partial charge < -0.3 is 15.1 Å². The van der Waals surface area contributed by atoms with Crippen molar-refractivity contribution in [2.45, 2.75) is 12.3 Å². The van der Waals surface area contributed by atoms with E-state index in [0.29, 0.717) is 18.1 Å². The summed E-state index contributed by atoms with van der Waals surface area (Å²) in [4.78, 5) is 21.6. The summed E-state index contributed by atoms with van der Waals surface area (Å²) in [7, 11) is 2.23. The number of carbonyl (C=O) groups is 2. The van der Waals surface area contributed by atoms with Crippen molar-refractivity contribution >= 4 is 11.9 Å². The summed E-state index contributed by atoms with van der Waals surface area (Å²) >= 11 is 0. The average molecular weight is 367 g/mol. The van der Waals surface area contributed by atoms with Gasteiger partial charge in [0.1, 0.15) is 0 Å². The lowest BCUT2D eigenvalue weighted by molar-refractivity contribution is -0.134. The van der Waals surface area contributed by atoms with E-state index in [4.69, 9.17) is 10.2 Å². The molecule has 0 aromatic heterocycles. The average Bonchev–Trinajstić information content (AvgIpc) is 3.08. The maximum absolute atomic E-state index is 9.55. The Kier molecular flexibility index (Phi) is 7.77. The van der Waals surface area contributed by atoms with Gasteiger partial charge in [-0.15, -0.1) is 0 Å². The molecule has 1 heterocycles. The molecule has 0 bridgehead atoms. The molecular weight excluding hydrogens is 342 g/mol. The second-order valence-electron chi connectivity index (χ2n) is 6.62. The quantitative estimate of drug-likeness (QED) is 0.791. The summed E-state index contributed by atoms with van der Waals surface area (Å²) in [5.41, 5.74) is 2.91. The minimum absolute atomic E-state index is 0.535. The number of nitrogens with zero attached hydrogens (tertiary/aromatic N) is 1. The van der Waals surface area contributed by atoms with Crippen LogP contribution in [0.5, 0.6) is 0 Å². The van der Waals surface area contributed by atoms with E-state index in [-0.39, 0.29) is 0 Å². The molecule has 0 amide bonds. The van der Waals surface area contributed by atoms with Crippen LogP contribution in [0.25, 0.3) is 0 Å². The van der Waals surface area contributed by atoms with Crippen molar-refractivity contribution in [1.82, 2.24) is 4.90 Å². The van der Waals surface area contributed by atoms with Crippen molar-refractivity contribution in [3.8, 4) is 0 Å². The Labute approximate surface area is 159 Å². The van der Waals surface area contributed by atoms with Crippen LogP contribution in [0.2, 0.25) is 0 Å². The molecule has 5 nitrogen and oxygen atoms in total. The van der Waals surface area contributed by atoms with Gasteiger partial charge in [-0.3, -0.25) is 0 Å². The van der Waals surface area contributed by atoms with Crippen LogP contribution in [0, 0.1) is 5.92 Å². The van der Waals surface area contributed by atoms with Crippen LogP contribution in [-0.4, -0.2) is 47.2 Å². The summed E-state index contributed by atoms with van der Waals surface area (Å²) in [6.07, 6.45) is 2.41. The van der Waals surface area contributed by atoms with Gasteiger partial charge in [-0.2, -0.15) is 0 Å². The van der Waals surface area contributed by atoms with Gasteiger partial charge in [0.25, 0.3) is 0 Å². The molecule has 1 aliphatic heterocycles. The predicted octanol–water partition coefficient (Wildman–Crippen LogP) is 3.48. The van der Waals surface area contributed by atoms with Gasteiger partial charge in [0, 0.05) is 24.6 Å². The normalized spacial score (nSPS) is 16.9. The highest BCUT2D eigenvalue weighted by Gasteiger charge is 2.29. The van der Waals surface area contributed by atoms with Crippen molar-refractivity contribution in [2.24, 2.45) is 5.92 Å². The summed E-state index contributed by atoms with van der Waals surface area (Å²) in [6.45, 7) is 2.43. The molecule has 2 aromatic rings. The first-order valence-electron chi connectivity index (χ1n) is 8.89. The van der Waals surface area contributed by atoms with E-state index in [9.17, 15) is 9.59 Å². The Balaban J connectivity index is 0.000000279. The molecule has 1 aliphatic rings. The van der Waals surface area contributed by atoms with Crippen molar-refractivity contribution < 1.29 is 19.8 Å². The van der Waals surface area contributed by atoms with Gasteiger partial charge in [0.15, 0.2) is 0 Å². The molecule has 5 heteroatoms. The van der Waals surface area contributed by atoms with Crippen LogP contribution in [0.3, 0.4) is 0 Å². The van der Waals surface area contributed by atoms with Crippen molar-refractivity contribution in [3.05, 3.63) is 83.9 Å². The lowest BCUT2D eigenvalue weighted by Crippen LogP contribution is -2.19. The number of rotatable bonds is 5. The first-order valence-corrected chi connectivity index (χ1v) is 8.89. The third-order valence-electron chi connectivity index (χ3n) is 4.59. The largest absolute Gasteiger partial charge is 0.478 e. The number of hydrogen-bond donors (Lipinski definition) is 2. The minimum Gasteiger partial charge on any atom is -0.478 e. The second-order valence-corrected chi connectivity index (χ2v) is 6.62. The fourth-order valence-electron chi connectivity index (χ4n) is 3.44. The Bertz CT molecular complexity index is 703. The zero-order valence-electron chi connectivity index (χ0n) is 15.4. The van der Waals surface area contributed by atoms with Gasteiger partial charge in [-0.05, 0) is 37.1 Å². The Morgan fingerprint density at radius 3 is 1.70 bits per heavy atom. The van der Waals surface area contributed by atoms with Crippen molar-refractivity contribution in [3.63, 3.8) is 0 Å². The van der Waals surface area contributed by atoms with E-state index in [1.165, 1.54) is 30.6 Å². The zero-order valence-corrected chi connectivity index (χ0v) is 15.4. The molecule has 1 atom stereocenters. The molecule has 3 rings (SSSR count). The van der Waals surface area contributed by atoms with Gasteiger partial charge in [0.05, 0.1) is 0 Å². The molecule has 0 saturated carbocycles. The van der Waals surface area contributed by atoms with Gasteiger partial charge in [0.2, 0.25) is 0 Å². The summed E-state index contributed by atoms with van der Waals surface area (Å²) in [5, 5.41) is 15.6. The first-order chi connectivity index (χ1) is 13.0. The van der Waals surface area contributed by atoms with E-state index in [2.05, 4.69) is 72.6 Å². The van der Waals surface area contributed by atoms with Crippen LogP contribution in [0.4, 0.5) is 0 Å². The number of likely N-dealkylation sites (tertiary alicyclic amines) is 1. The molecule has 1 saturated heterocycles. The third-order valence-corrected chi connectivity index (χ3v) is 4.59. The molecule has 0 radical (unpaired) electrons. The number of benzene rings is 2. The first kappa shape index (κ1) is 20.4. The molecule has 2 N–H and O–H groups in total. The van der Waals surface area contributed by atoms with E-state index >= 15 is 0 Å². The Hall–Kier alpha value is -2.92. The smallest absolute Gasteiger partial charge is 0.328 e. The van der Waals surface area contributed by atoms with E-state index in [0.717, 1.165) is 5.92 Å². The molecule has 2 aromatic carbocycles. The van der Waals surface area contributed by atoms with Crippen LogP contribution in [-0.2, 0) is 9.59 Å². The van der Waals surface area contributed by atoms with Crippen molar-refractivity contribution in [2.75, 3.05) is 20.1 Å². The van der Waals surface area contributed by atoms with Crippen molar-refractivity contribution in [1.29, 1.82) is 0 Å². The highest BCUT2D eigenvalue weighted by atomic mass is 16.4. The maximum Gasteiger partial charge on any atom is 0.328 e. The highest BCUT2D eigenvalue weighted by Crippen LogP contribution is 2.36. The summed E-state index contributed by atoms with van der Waals surface area (Å²) in [6, 6.07) is 21.9. The van der Waals surface area contributed by atoms with E-state index in [1.54, 1.807) is 0 Å². The molecule has 1 fully saturated rings. The molecule has 27 heavy (non-hydrogen) atoms. The molecule has 0 aliphatic carbocycles. The zero-order chi connectivity index (χ0) is 19.6. The number of aliphatic carboxylic acids is 2. The Morgan fingerprint density at radius 1 is 0.926 bits per heavy atom. The maximum atomic E-state index is 9.55. The third kappa shape index (κ3) is 6.72. The number of hydrogen-bond acceptors (Lipinski definition) is 3. The summed E-state index contributed by atoms with van der Waals surface area (Å²) < 4.78 is 0. The fourth-order valence-corrected chi connectivity index (χ4v) is 3.44. The Morgan fingerprint density at radius 2 is 1.37 bits per heavy atom. The molecular formula is C22H25NO4. The lowest BCUT2D eigenvalue weighted by Gasteiger charge is -2.24. The fraction of sp³-hybridized carbons (Fsp3) is 0.273. The van der Waals surface area contributed by atoms with E-state index < -0.39 is 11.9 Å². The van der Waals surface area contributed by atoms with Gasteiger partial charge in [-0.25, -0.2) is 9.59 Å². The number of carboxylic acids is 2. The summed E-state index contributed by atoms with van der Waals surface area (Å²) in [5.74, 6) is -1.25. The van der Waals surface area contributed by atoms with Crippen LogP contribution in [0.1, 0.15) is 23.5 Å². The molecule has 1 unspecified atom stereocenters. The standard InChI is InChI=1S/C18H21N.C4H4O4/c1-19-13-12-17(14-19)18(15-8-4-2-5-9-15)16-10-6-3-7-11-16;5-3(6)1-2-4(7)8/h2-11,17-18H,12-14H2,1H3;1-2H,(H,5,6)(H,7,8)/b;2-1-. The minimum atomic E-state index is -1.26. The van der Waals surface area contributed by atoms with Crippen LogP contribution >= 0.6 is 0 Å². The number of carboxylic acid groups (broad SMARTS) is 2. The lowest BCUT2D eigenvalue weighted by atomic mass is 9.80. The molecule has 0 spiro atoms. The topological polar surface area (TPSA) is 77.8 Å². The monoisotopic (exact) mass is 367 g/mol. The highest BCUT2D eigenvalue weighted by molar-refractivity contribution is 5.89. The SMILES string of the molecule is CN1CCC(C(c2ccccc2)c2ccccc2)C1.O=C(O)/C=C\C(=O)O. The second kappa shape index (κ2) is 10.3. The van der Waals surface area contributed by atoms with Gasteiger partial charge in [-0.1, -0.05) is 60.7 Å². The van der Waals surface area contributed by atoms with Crippen LogP contribution in [0.15, 0.2) is 72.8 Å². The van der Waals surface area contributed by atoms with Gasteiger partial charge >= 0.3 is 11.9 Å². The van der Waals surface area contributed by atoms with E-state index in [1.807, 2.05) is 0 Å².